The number of nitrogens with zero attached hydrogens (tertiary/aromatic N) is 1. The molecule has 84 valence electrons. The Balaban J connectivity index is 1.74. The minimum absolute atomic E-state index is 0.667. The molecule has 0 aliphatic heterocycles. The van der Waals surface area contributed by atoms with Gasteiger partial charge in [-0.05, 0) is 32.4 Å². The van der Waals surface area contributed by atoms with Crippen LogP contribution in [0.5, 0.6) is 0 Å². The molecule has 0 spiro atoms. The summed E-state index contributed by atoms with van der Waals surface area (Å²) in [6.45, 7) is 4.22. The summed E-state index contributed by atoms with van der Waals surface area (Å²) in [5.41, 5.74) is 0. The van der Waals surface area contributed by atoms with E-state index in [1.54, 1.807) is 0 Å². The Hall–Kier alpha value is -0.830. The molecular formula is C12H20N2O. The van der Waals surface area contributed by atoms with Gasteiger partial charge in [-0.15, -0.1) is 0 Å². The summed E-state index contributed by atoms with van der Waals surface area (Å²) in [5.74, 6) is 2.69. The first-order valence-electron chi connectivity index (χ1n) is 6.05. The Morgan fingerprint density at radius 2 is 2.40 bits per heavy atom. The molecule has 0 unspecified atom stereocenters. The number of oxazole rings is 1. The summed E-state index contributed by atoms with van der Waals surface area (Å²) < 4.78 is 5.73. The van der Waals surface area contributed by atoms with Crippen molar-refractivity contribution in [2.24, 2.45) is 0 Å². The van der Waals surface area contributed by atoms with E-state index in [0.29, 0.717) is 5.92 Å². The lowest BCUT2D eigenvalue weighted by molar-refractivity contribution is 0.333. The zero-order valence-electron chi connectivity index (χ0n) is 9.46. The summed E-state index contributed by atoms with van der Waals surface area (Å²) in [7, 11) is 0. The van der Waals surface area contributed by atoms with Crippen molar-refractivity contribution < 1.29 is 4.42 Å². The van der Waals surface area contributed by atoms with Gasteiger partial charge >= 0.3 is 0 Å². The van der Waals surface area contributed by atoms with E-state index in [0.717, 1.165) is 37.6 Å². The molecule has 15 heavy (non-hydrogen) atoms. The molecule has 0 atom stereocenters. The van der Waals surface area contributed by atoms with Crippen LogP contribution in [-0.2, 0) is 6.42 Å². The lowest BCUT2D eigenvalue weighted by Crippen LogP contribution is -2.14. The summed E-state index contributed by atoms with van der Waals surface area (Å²) in [6, 6.07) is 0. The van der Waals surface area contributed by atoms with Crippen LogP contribution < -0.4 is 5.32 Å². The Morgan fingerprint density at radius 3 is 3.07 bits per heavy atom. The van der Waals surface area contributed by atoms with E-state index in [-0.39, 0.29) is 0 Å². The van der Waals surface area contributed by atoms with Gasteiger partial charge in [-0.25, -0.2) is 4.98 Å². The first-order valence-corrected chi connectivity index (χ1v) is 6.05. The normalized spacial score (nSPS) is 16.6. The smallest absolute Gasteiger partial charge is 0.194 e. The molecule has 2 rings (SSSR count). The summed E-state index contributed by atoms with van der Waals surface area (Å²) >= 11 is 0. The Labute approximate surface area is 91.3 Å². The summed E-state index contributed by atoms with van der Waals surface area (Å²) in [5, 5.41) is 3.30. The molecule has 3 nitrogen and oxygen atoms in total. The van der Waals surface area contributed by atoms with E-state index < -0.39 is 0 Å². The zero-order valence-corrected chi connectivity index (χ0v) is 9.46. The first-order chi connectivity index (χ1) is 7.40. The second kappa shape index (κ2) is 5.31. The zero-order chi connectivity index (χ0) is 10.5. The van der Waals surface area contributed by atoms with E-state index in [1.807, 2.05) is 6.20 Å². The molecule has 0 amide bonds. The number of aryl methyl sites for hydroxylation is 1. The molecule has 1 aliphatic rings. The first kappa shape index (κ1) is 10.7. The molecular weight excluding hydrogens is 188 g/mol. The van der Waals surface area contributed by atoms with Crippen molar-refractivity contribution in [2.75, 3.05) is 13.1 Å². The number of hydrogen-bond acceptors (Lipinski definition) is 3. The van der Waals surface area contributed by atoms with Gasteiger partial charge in [0.1, 0.15) is 5.76 Å². The number of hydrogen-bond donors (Lipinski definition) is 1. The van der Waals surface area contributed by atoms with Gasteiger partial charge in [0.2, 0.25) is 0 Å². The quantitative estimate of drug-likeness (QED) is 0.730. The second-order valence-corrected chi connectivity index (χ2v) is 4.24. The van der Waals surface area contributed by atoms with Crippen molar-refractivity contribution in [3.63, 3.8) is 0 Å². The van der Waals surface area contributed by atoms with Crippen LogP contribution in [0.1, 0.15) is 50.2 Å². The fourth-order valence-electron chi connectivity index (χ4n) is 1.86. The van der Waals surface area contributed by atoms with E-state index in [9.17, 15) is 0 Å². The van der Waals surface area contributed by atoms with E-state index in [4.69, 9.17) is 4.42 Å². The molecule has 1 fully saturated rings. The van der Waals surface area contributed by atoms with Gasteiger partial charge < -0.3 is 9.73 Å². The molecule has 3 heteroatoms. The average Bonchev–Trinajstić information content (AvgIpc) is 2.58. The highest BCUT2D eigenvalue weighted by molar-refractivity contribution is 5.05. The minimum atomic E-state index is 0.667. The second-order valence-electron chi connectivity index (χ2n) is 4.24. The van der Waals surface area contributed by atoms with Crippen LogP contribution in [0.15, 0.2) is 10.6 Å². The van der Waals surface area contributed by atoms with Crippen LogP contribution in [0.25, 0.3) is 0 Å². The van der Waals surface area contributed by atoms with Gasteiger partial charge in [0.15, 0.2) is 5.89 Å². The van der Waals surface area contributed by atoms with Crippen molar-refractivity contribution in [3.8, 4) is 0 Å². The standard InChI is InChI=1S/C12H20N2O/c1-2-13-8-4-7-12-14-9-11(15-12)10-5-3-6-10/h9-10,13H,2-8H2,1H3. The minimum Gasteiger partial charge on any atom is -0.445 e. The van der Waals surface area contributed by atoms with E-state index in [1.165, 1.54) is 19.3 Å². The molecule has 0 radical (unpaired) electrons. The predicted molar refractivity (Wildman–Crippen MR) is 60.0 cm³/mol. The largest absolute Gasteiger partial charge is 0.445 e. The van der Waals surface area contributed by atoms with Gasteiger partial charge in [-0.3, -0.25) is 0 Å². The van der Waals surface area contributed by atoms with Crippen LogP contribution in [-0.4, -0.2) is 18.1 Å². The molecule has 1 aliphatic carbocycles. The highest BCUT2D eigenvalue weighted by Gasteiger charge is 2.23. The van der Waals surface area contributed by atoms with E-state index >= 15 is 0 Å². The monoisotopic (exact) mass is 208 g/mol. The summed E-state index contributed by atoms with van der Waals surface area (Å²) in [6.07, 6.45) is 7.91. The number of rotatable bonds is 6. The van der Waals surface area contributed by atoms with Crippen LogP contribution >= 0.6 is 0 Å². The predicted octanol–water partition coefficient (Wildman–Crippen LogP) is 2.48. The lowest BCUT2D eigenvalue weighted by atomic mass is 9.84. The van der Waals surface area contributed by atoms with Gasteiger partial charge in [-0.2, -0.15) is 0 Å². The van der Waals surface area contributed by atoms with Crippen molar-refractivity contribution in [2.45, 2.75) is 44.9 Å². The van der Waals surface area contributed by atoms with Crippen molar-refractivity contribution in [1.29, 1.82) is 0 Å². The average molecular weight is 208 g/mol. The SMILES string of the molecule is CCNCCCc1ncc(C2CCC2)o1. The van der Waals surface area contributed by atoms with Crippen LogP contribution in [0, 0.1) is 0 Å². The highest BCUT2D eigenvalue weighted by Crippen LogP contribution is 2.36. The van der Waals surface area contributed by atoms with Gasteiger partial charge in [0.25, 0.3) is 0 Å². The van der Waals surface area contributed by atoms with Crippen LogP contribution in [0.2, 0.25) is 0 Å². The molecule has 1 saturated carbocycles. The van der Waals surface area contributed by atoms with Crippen molar-refractivity contribution in [3.05, 3.63) is 17.8 Å². The molecule has 1 N–H and O–H groups in total. The molecule has 1 heterocycles. The molecule has 0 saturated heterocycles. The molecule has 0 aromatic carbocycles. The molecule has 1 aromatic rings. The van der Waals surface area contributed by atoms with Gasteiger partial charge in [-0.1, -0.05) is 13.3 Å². The third-order valence-electron chi connectivity index (χ3n) is 3.07. The van der Waals surface area contributed by atoms with Crippen molar-refractivity contribution in [1.82, 2.24) is 10.3 Å². The highest BCUT2D eigenvalue weighted by atomic mass is 16.4. The third-order valence-corrected chi connectivity index (χ3v) is 3.07. The summed E-state index contributed by atoms with van der Waals surface area (Å²) in [4.78, 5) is 4.32. The van der Waals surface area contributed by atoms with Gasteiger partial charge in [0, 0.05) is 12.3 Å². The molecule has 1 aromatic heterocycles. The Kier molecular flexibility index (Phi) is 3.78. The Bertz CT molecular complexity index is 292. The van der Waals surface area contributed by atoms with Crippen molar-refractivity contribution >= 4 is 0 Å². The topological polar surface area (TPSA) is 38.1 Å². The van der Waals surface area contributed by atoms with E-state index in [2.05, 4.69) is 17.2 Å². The fraction of sp³-hybridized carbons (Fsp3) is 0.750. The number of aromatic nitrogens is 1. The fourth-order valence-corrected chi connectivity index (χ4v) is 1.86. The van der Waals surface area contributed by atoms with Crippen LogP contribution in [0.4, 0.5) is 0 Å². The number of nitrogens with one attached hydrogen (secondary N) is 1. The Morgan fingerprint density at radius 1 is 1.53 bits per heavy atom. The maximum absolute atomic E-state index is 5.73. The maximum Gasteiger partial charge on any atom is 0.194 e. The van der Waals surface area contributed by atoms with Gasteiger partial charge in [0.05, 0.1) is 6.20 Å². The third kappa shape index (κ3) is 2.81. The molecule has 0 bridgehead atoms. The van der Waals surface area contributed by atoms with Crippen LogP contribution in [0.3, 0.4) is 0 Å². The maximum atomic E-state index is 5.73. The lowest BCUT2D eigenvalue weighted by Gasteiger charge is -2.22.